The summed E-state index contributed by atoms with van der Waals surface area (Å²) < 4.78 is 0. The van der Waals surface area contributed by atoms with Gasteiger partial charge in [0.15, 0.2) is 0 Å². The van der Waals surface area contributed by atoms with E-state index in [-0.39, 0.29) is 0 Å². The van der Waals surface area contributed by atoms with Gasteiger partial charge in [-0.25, -0.2) is 0 Å². The summed E-state index contributed by atoms with van der Waals surface area (Å²) in [5, 5.41) is 0. The Morgan fingerprint density at radius 2 is 2.44 bits per heavy atom. The molecule has 0 aromatic heterocycles. The Morgan fingerprint density at radius 1 is 1.56 bits per heavy atom. The Morgan fingerprint density at radius 3 is 2.78 bits per heavy atom. The van der Waals surface area contributed by atoms with Gasteiger partial charge in [0.1, 0.15) is 0 Å². The van der Waals surface area contributed by atoms with E-state index in [0.29, 0.717) is 0 Å². The smallest absolute Gasteiger partial charge is 0.00174 e. The topological polar surface area (TPSA) is 0 Å². The summed E-state index contributed by atoms with van der Waals surface area (Å²) in [5.41, 5.74) is 1.67. The van der Waals surface area contributed by atoms with Crippen LogP contribution in [0.15, 0.2) is 23.8 Å². The second-order valence-corrected chi connectivity index (χ2v) is 3.05. The lowest BCUT2D eigenvalue weighted by Gasteiger charge is -2.05. The van der Waals surface area contributed by atoms with Crippen LogP contribution < -0.4 is 0 Å². The molecule has 0 N–H and O–H groups in total. The van der Waals surface area contributed by atoms with E-state index < -0.39 is 0 Å². The minimum absolute atomic E-state index is 0.833. The summed E-state index contributed by atoms with van der Waals surface area (Å²) in [4.78, 5) is 0. The Hall–Kier alpha value is -0.520. The Balaban J connectivity index is 2.29. The first-order valence-electron chi connectivity index (χ1n) is 3.73. The summed E-state index contributed by atoms with van der Waals surface area (Å²) in [6, 6.07) is 0. The van der Waals surface area contributed by atoms with Crippen LogP contribution in [0.4, 0.5) is 0 Å². The third-order valence-electron chi connectivity index (χ3n) is 2.52. The third kappa shape index (κ3) is 0.658. The Labute approximate surface area is 56.3 Å². The zero-order valence-electron chi connectivity index (χ0n) is 5.80. The van der Waals surface area contributed by atoms with Crippen molar-refractivity contribution in [3.8, 4) is 0 Å². The predicted molar refractivity (Wildman–Crippen MR) is 39.1 cm³/mol. The van der Waals surface area contributed by atoms with Crippen LogP contribution in [0.5, 0.6) is 0 Å². The molecule has 0 saturated heterocycles. The van der Waals surface area contributed by atoms with Gasteiger partial charge in [-0.3, -0.25) is 0 Å². The SMILES string of the molecule is C/C=C1\C[C@H]2C=C[C@H]1C2. The largest absolute Gasteiger partial charge is 0.0878 e. The highest BCUT2D eigenvalue weighted by Crippen LogP contribution is 2.42. The number of allylic oxidation sites excluding steroid dienone is 4. The van der Waals surface area contributed by atoms with Crippen LogP contribution in [0.3, 0.4) is 0 Å². The van der Waals surface area contributed by atoms with Crippen molar-refractivity contribution in [2.75, 3.05) is 0 Å². The van der Waals surface area contributed by atoms with Crippen molar-refractivity contribution >= 4 is 0 Å². The molecule has 0 radical (unpaired) electrons. The molecule has 1 fully saturated rings. The molecular weight excluding hydrogens is 108 g/mol. The fraction of sp³-hybridized carbons (Fsp3) is 0.556. The zero-order valence-corrected chi connectivity index (χ0v) is 5.80. The van der Waals surface area contributed by atoms with Crippen molar-refractivity contribution < 1.29 is 0 Å². The van der Waals surface area contributed by atoms with E-state index in [0.717, 1.165) is 11.8 Å². The second kappa shape index (κ2) is 1.73. The van der Waals surface area contributed by atoms with Gasteiger partial charge in [0, 0.05) is 0 Å². The van der Waals surface area contributed by atoms with Gasteiger partial charge in [-0.1, -0.05) is 23.8 Å². The van der Waals surface area contributed by atoms with Crippen LogP contribution in [-0.2, 0) is 0 Å². The first-order chi connectivity index (χ1) is 4.40. The molecule has 0 spiro atoms. The predicted octanol–water partition coefficient (Wildman–Crippen LogP) is 2.53. The van der Waals surface area contributed by atoms with Gasteiger partial charge in [-0.15, -0.1) is 0 Å². The van der Waals surface area contributed by atoms with E-state index in [1.807, 2.05) is 0 Å². The summed E-state index contributed by atoms with van der Waals surface area (Å²) in [7, 11) is 0. The average molecular weight is 120 g/mol. The first-order valence-corrected chi connectivity index (χ1v) is 3.73. The van der Waals surface area contributed by atoms with Gasteiger partial charge in [-0.05, 0) is 31.6 Å². The van der Waals surface area contributed by atoms with Crippen molar-refractivity contribution in [3.05, 3.63) is 23.8 Å². The molecule has 0 nitrogen and oxygen atoms in total. The van der Waals surface area contributed by atoms with Crippen LogP contribution in [-0.4, -0.2) is 0 Å². The number of rotatable bonds is 0. The first kappa shape index (κ1) is 5.28. The minimum atomic E-state index is 0.833. The average Bonchev–Trinajstić information content (AvgIpc) is 2.45. The zero-order chi connectivity index (χ0) is 6.27. The maximum Gasteiger partial charge on any atom is -0.00174 e. The molecule has 2 atom stereocenters. The molecule has 1 saturated carbocycles. The van der Waals surface area contributed by atoms with Crippen molar-refractivity contribution in [1.82, 2.24) is 0 Å². The van der Waals surface area contributed by atoms with E-state index >= 15 is 0 Å². The molecule has 2 rings (SSSR count). The maximum absolute atomic E-state index is 2.37. The normalized spacial score (nSPS) is 43.0. The van der Waals surface area contributed by atoms with Crippen LogP contribution in [0.25, 0.3) is 0 Å². The minimum Gasteiger partial charge on any atom is -0.0878 e. The summed E-state index contributed by atoms with van der Waals surface area (Å²) in [5.74, 6) is 1.74. The van der Waals surface area contributed by atoms with Gasteiger partial charge in [0.05, 0.1) is 0 Å². The van der Waals surface area contributed by atoms with E-state index in [1.54, 1.807) is 5.57 Å². The van der Waals surface area contributed by atoms with Gasteiger partial charge in [-0.2, -0.15) is 0 Å². The molecule has 0 aromatic rings. The standard InChI is InChI=1S/C9H12/c1-2-8-5-7-3-4-9(8)6-7/h2-4,7,9H,5-6H2,1H3/b8-2+/t7-,9+/m1/s1. The molecule has 0 heterocycles. The highest BCUT2D eigenvalue weighted by atomic mass is 14.3. The molecule has 0 heteroatoms. The fourth-order valence-electron chi connectivity index (χ4n) is 1.99. The highest BCUT2D eigenvalue weighted by molar-refractivity contribution is 5.26. The van der Waals surface area contributed by atoms with Crippen molar-refractivity contribution in [1.29, 1.82) is 0 Å². The van der Waals surface area contributed by atoms with Crippen molar-refractivity contribution in [2.45, 2.75) is 19.8 Å². The van der Waals surface area contributed by atoms with Gasteiger partial charge >= 0.3 is 0 Å². The van der Waals surface area contributed by atoms with Gasteiger partial charge in [0.2, 0.25) is 0 Å². The van der Waals surface area contributed by atoms with Gasteiger partial charge < -0.3 is 0 Å². The fourth-order valence-corrected chi connectivity index (χ4v) is 1.99. The molecule has 9 heavy (non-hydrogen) atoms. The molecular formula is C9H12. The van der Waals surface area contributed by atoms with Crippen LogP contribution >= 0.6 is 0 Å². The van der Waals surface area contributed by atoms with Gasteiger partial charge in [0.25, 0.3) is 0 Å². The van der Waals surface area contributed by atoms with E-state index in [4.69, 9.17) is 0 Å². The molecule has 2 aliphatic rings. The van der Waals surface area contributed by atoms with Crippen LogP contribution in [0, 0.1) is 11.8 Å². The molecule has 0 aliphatic heterocycles. The molecule has 0 aromatic carbocycles. The lowest BCUT2D eigenvalue weighted by Crippen LogP contribution is -1.90. The molecule has 48 valence electrons. The third-order valence-corrected chi connectivity index (χ3v) is 2.52. The quantitative estimate of drug-likeness (QED) is 0.431. The number of hydrogen-bond donors (Lipinski definition) is 0. The van der Waals surface area contributed by atoms with E-state index in [2.05, 4.69) is 25.2 Å². The molecule has 0 unspecified atom stereocenters. The van der Waals surface area contributed by atoms with Crippen LogP contribution in [0.2, 0.25) is 0 Å². The number of fused-ring (bicyclic) bond motifs is 2. The monoisotopic (exact) mass is 120 g/mol. The lowest BCUT2D eigenvalue weighted by molar-refractivity contribution is 0.693. The van der Waals surface area contributed by atoms with E-state index in [9.17, 15) is 0 Å². The molecule has 2 bridgehead atoms. The molecule has 2 aliphatic carbocycles. The summed E-state index contributed by atoms with van der Waals surface area (Å²) in [6.45, 7) is 2.16. The van der Waals surface area contributed by atoms with Crippen molar-refractivity contribution in [2.24, 2.45) is 11.8 Å². The second-order valence-electron chi connectivity index (χ2n) is 3.05. The lowest BCUT2D eigenvalue weighted by atomic mass is 10.0. The maximum atomic E-state index is 2.37. The van der Waals surface area contributed by atoms with Crippen molar-refractivity contribution in [3.63, 3.8) is 0 Å². The summed E-state index contributed by atoms with van der Waals surface area (Å²) in [6.07, 6.45) is 9.77. The highest BCUT2D eigenvalue weighted by Gasteiger charge is 2.29. The van der Waals surface area contributed by atoms with Crippen LogP contribution in [0.1, 0.15) is 19.8 Å². The van der Waals surface area contributed by atoms with E-state index in [1.165, 1.54) is 12.8 Å². The Kier molecular flexibility index (Phi) is 1.01. The molecule has 0 amide bonds. The summed E-state index contributed by atoms with van der Waals surface area (Å²) >= 11 is 0. The number of hydrogen-bond acceptors (Lipinski definition) is 0. The Bertz CT molecular complexity index is 174.